The molecule has 0 saturated carbocycles. The number of hydrogen-bond donors (Lipinski definition) is 1. The topological polar surface area (TPSA) is 37.3 Å². The number of carbonyl (C=O) groups is 1. The van der Waals surface area contributed by atoms with Crippen molar-refractivity contribution in [3.05, 3.63) is 35.4 Å². The molecule has 0 radical (unpaired) electrons. The molecule has 1 aromatic carbocycles. The Bertz CT molecular complexity index is 330. The third kappa shape index (κ3) is 3.04. The number of carboxylic acid groups (broad SMARTS) is 1. The van der Waals surface area contributed by atoms with E-state index in [0.717, 1.165) is 0 Å². The van der Waals surface area contributed by atoms with Gasteiger partial charge in [0.25, 0.3) is 5.66 Å². The highest BCUT2D eigenvalue weighted by Gasteiger charge is 2.23. The SMILES string of the molecule is O=C(O)Cc1ccc(C(F)(F)P)cc1. The van der Waals surface area contributed by atoms with Crippen molar-refractivity contribution in [2.45, 2.75) is 12.1 Å². The lowest BCUT2D eigenvalue weighted by molar-refractivity contribution is -0.136. The predicted octanol–water partition coefficient (Wildman–Crippen LogP) is 2.24. The normalized spacial score (nSPS) is 11.4. The first-order chi connectivity index (χ1) is 6.39. The van der Waals surface area contributed by atoms with E-state index >= 15 is 0 Å². The van der Waals surface area contributed by atoms with Gasteiger partial charge < -0.3 is 5.11 Å². The lowest BCUT2D eigenvalue weighted by atomic mass is 10.1. The van der Waals surface area contributed by atoms with Gasteiger partial charge in [0.1, 0.15) is 0 Å². The van der Waals surface area contributed by atoms with Crippen LogP contribution in [0, 0.1) is 0 Å². The third-order valence-corrected chi connectivity index (χ3v) is 2.03. The van der Waals surface area contributed by atoms with E-state index in [1.54, 1.807) is 0 Å². The van der Waals surface area contributed by atoms with Crippen LogP contribution in [0.2, 0.25) is 0 Å². The number of aliphatic carboxylic acids is 1. The van der Waals surface area contributed by atoms with Crippen molar-refractivity contribution in [3.8, 4) is 0 Å². The van der Waals surface area contributed by atoms with E-state index in [0.29, 0.717) is 5.56 Å². The summed E-state index contributed by atoms with van der Waals surface area (Å²) in [6.45, 7) is 0. The van der Waals surface area contributed by atoms with Crippen molar-refractivity contribution in [1.82, 2.24) is 0 Å². The number of halogens is 2. The Morgan fingerprint density at radius 1 is 1.36 bits per heavy atom. The molecule has 1 atom stereocenters. The van der Waals surface area contributed by atoms with E-state index in [-0.39, 0.29) is 12.0 Å². The summed E-state index contributed by atoms with van der Waals surface area (Å²) in [5.41, 5.74) is -2.59. The molecule has 0 fully saturated rings. The highest BCUT2D eigenvalue weighted by molar-refractivity contribution is 7.17. The zero-order valence-corrected chi connectivity index (χ0v) is 8.36. The van der Waals surface area contributed by atoms with E-state index in [2.05, 4.69) is 0 Å². The molecule has 0 bridgehead atoms. The first-order valence-corrected chi connectivity index (χ1v) is 4.45. The van der Waals surface area contributed by atoms with Gasteiger partial charge in [-0.25, -0.2) is 0 Å². The van der Waals surface area contributed by atoms with Gasteiger partial charge in [-0.2, -0.15) is 8.78 Å². The van der Waals surface area contributed by atoms with E-state index in [1.165, 1.54) is 33.5 Å². The highest BCUT2D eigenvalue weighted by Crippen LogP contribution is 2.34. The molecule has 5 heteroatoms. The molecular formula is C9H9F2O2P. The molecule has 76 valence electrons. The summed E-state index contributed by atoms with van der Waals surface area (Å²) in [4.78, 5) is 10.3. The summed E-state index contributed by atoms with van der Waals surface area (Å²) < 4.78 is 25.4. The van der Waals surface area contributed by atoms with Gasteiger partial charge in [0.05, 0.1) is 6.42 Å². The van der Waals surface area contributed by atoms with Gasteiger partial charge in [-0.3, -0.25) is 4.79 Å². The summed E-state index contributed by atoms with van der Waals surface area (Å²) >= 11 is 0. The van der Waals surface area contributed by atoms with Crippen LogP contribution in [0.3, 0.4) is 0 Å². The average molecular weight is 218 g/mol. The average Bonchev–Trinajstić information content (AvgIpc) is 2.02. The monoisotopic (exact) mass is 218 g/mol. The minimum absolute atomic E-state index is 0.142. The van der Waals surface area contributed by atoms with Gasteiger partial charge in [0.2, 0.25) is 0 Å². The lowest BCUT2D eigenvalue weighted by Gasteiger charge is -2.10. The molecule has 1 N–H and O–H groups in total. The van der Waals surface area contributed by atoms with Crippen molar-refractivity contribution in [3.63, 3.8) is 0 Å². The molecule has 2 nitrogen and oxygen atoms in total. The second-order valence-electron chi connectivity index (χ2n) is 2.89. The van der Waals surface area contributed by atoms with Crippen LogP contribution in [-0.2, 0) is 16.9 Å². The van der Waals surface area contributed by atoms with Crippen LogP contribution in [-0.4, -0.2) is 11.1 Å². The molecule has 0 aliphatic heterocycles. The van der Waals surface area contributed by atoms with Gasteiger partial charge in [-0.15, -0.1) is 0 Å². The highest BCUT2D eigenvalue weighted by atomic mass is 31.0. The van der Waals surface area contributed by atoms with Crippen LogP contribution in [0.15, 0.2) is 24.3 Å². The molecule has 0 aliphatic rings. The van der Waals surface area contributed by atoms with Crippen molar-refractivity contribution >= 4 is 15.2 Å². The van der Waals surface area contributed by atoms with Crippen LogP contribution < -0.4 is 0 Å². The fourth-order valence-corrected chi connectivity index (χ4v) is 1.21. The fraction of sp³-hybridized carbons (Fsp3) is 0.222. The Hall–Kier alpha value is -1.02. The minimum Gasteiger partial charge on any atom is -0.481 e. The van der Waals surface area contributed by atoms with Gasteiger partial charge in [-0.05, 0) is 5.56 Å². The molecular weight excluding hydrogens is 209 g/mol. The van der Waals surface area contributed by atoms with Gasteiger partial charge >= 0.3 is 5.97 Å². The smallest absolute Gasteiger partial charge is 0.307 e. The molecule has 0 aromatic heterocycles. The van der Waals surface area contributed by atoms with Crippen molar-refractivity contribution < 1.29 is 18.7 Å². The summed E-state index contributed by atoms with van der Waals surface area (Å²) in [6, 6.07) is 5.24. The maximum Gasteiger partial charge on any atom is 0.307 e. The summed E-state index contributed by atoms with van der Waals surface area (Å²) in [6.07, 6.45) is -0.150. The minimum atomic E-state index is -2.96. The van der Waals surface area contributed by atoms with E-state index in [9.17, 15) is 13.6 Å². The molecule has 0 spiro atoms. The number of carboxylic acids is 1. The maximum atomic E-state index is 12.7. The Balaban J connectivity index is 2.84. The van der Waals surface area contributed by atoms with E-state index < -0.39 is 11.6 Å². The Morgan fingerprint density at radius 3 is 2.21 bits per heavy atom. The quantitative estimate of drug-likeness (QED) is 0.790. The Morgan fingerprint density at radius 2 is 1.86 bits per heavy atom. The molecule has 1 rings (SSSR count). The summed E-state index contributed by atoms with van der Waals surface area (Å²) in [7, 11) is 1.43. The van der Waals surface area contributed by atoms with Crippen LogP contribution >= 0.6 is 9.24 Å². The van der Waals surface area contributed by atoms with Crippen LogP contribution in [0.4, 0.5) is 8.78 Å². The molecule has 0 aliphatic carbocycles. The molecule has 0 heterocycles. The zero-order valence-electron chi connectivity index (χ0n) is 7.21. The maximum absolute atomic E-state index is 12.7. The first kappa shape index (κ1) is 11.1. The number of rotatable bonds is 3. The second-order valence-corrected chi connectivity index (χ2v) is 3.62. The van der Waals surface area contributed by atoms with E-state index in [4.69, 9.17) is 5.11 Å². The van der Waals surface area contributed by atoms with Gasteiger partial charge in [-0.1, -0.05) is 33.5 Å². The first-order valence-electron chi connectivity index (χ1n) is 3.87. The molecule has 1 aromatic rings. The zero-order chi connectivity index (χ0) is 10.8. The molecule has 14 heavy (non-hydrogen) atoms. The van der Waals surface area contributed by atoms with Crippen LogP contribution in [0.25, 0.3) is 0 Å². The van der Waals surface area contributed by atoms with Gasteiger partial charge in [0, 0.05) is 5.56 Å². The van der Waals surface area contributed by atoms with Crippen molar-refractivity contribution in [2.75, 3.05) is 0 Å². The van der Waals surface area contributed by atoms with E-state index in [1.807, 2.05) is 0 Å². The number of hydrogen-bond acceptors (Lipinski definition) is 1. The molecule has 0 saturated heterocycles. The van der Waals surface area contributed by atoms with Crippen molar-refractivity contribution in [2.24, 2.45) is 0 Å². The predicted molar refractivity (Wildman–Crippen MR) is 51.4 cm³/mol. The van der Waals surface area contributed by atoms with Crippen LogP contribution in [0.5, 0.6) is 0 Å². The number of benzene rings is 1. The number of alkyl halides is 2. The molecule has 1 unspecified atom stereocenters. The third-order valence-electron chi connectivity index (χ3n) is 1.69. The van der Waals surface area contributed by atoms with Crippen LogP contribution in [0.1, 0.15) is 11.1 Å². The Labute approximate surface area is 82.1 Å². The second kappa shape index (κ2) is 4.01. The molecule has 0 amide bonds. The van der Waals surface area contributed by atoms with Crippen molar-refractivity contribution in [1.29, 1.82) is 0 Å². The summed E-state index contributed by atoms with van der Waals surface area (Å²) in [5.74, 6) is -0.976. The lowest BCUT2D eigenvalue weighted by Crippen LogP contribution is -2.04. The summed E-state index contributed by atoms with van der Waals surface area (Å²) in [5, 5.41) is 8.44. The largest absolute Gasteiger partial charge is 0.481 e. The van der Waals surface area contributed by atoms with Gasteiger partial charge in [0.15, 0.2) is 0 Å². The fourth-order valence-electron chi connectivity index (χ4n) is 1.02. The Kier molecular flexibility index (Phi) is 3.17. The standard InChI is InChI=1S/C9H9F2O2P/c10-9(11,14)7-3-1-6(2-4-7)5-8(12)13/h1-4H,5,14H2,(H,12,13).